The van der Waals surface area contributed by atoms with Crippen LogP contribution in [0.3, 0.4) is 0 Å². The van der Waals surface area contributed by atoms with E-state index in [2.05, 4.69) is 20.6 Å². The van der Waals surface area contributed by atoms with E-state index in [-0.39, 0.29) is 11.7 Å². The minimum atomic E-state index is -3.10. The Morgan fingerprint density at radius 2 is 1.85 bits per heavy atom. The van der Waals surface area contributed by atoms with E-state index in [9.17, 15) is 13.2 Å². The van der Waals surface area contributed by atoms with Gasteiger partial charge in [-0.1, -0.05) is 18.2 Å². The minimum Gasteiger partial charge on any atom is -0.327 e. The molecule has 0 aliphatic carbocycles. The van der Waals surface area contributed by atoms with Gasteiger partial charge >= 0.3 is 0 Å². The molecule has 1 amide bonds. The predicted molar refractivity (Wildman–Crippen MR) is 156 cm³/mol. The van der Waals surface area contributed by atoms with E-state index in [1.807, 2.05) is 60.1 Å². The largest absolute Gasteiger partial charge is 0.327 e. The van der Waals surface area contributed by atoms with E-state index in [1.165, 1.54) is 17.6 Å². The zero-order chi connectivity index (χ0) is 27.7. The second-order valence-corrected chi connectivity index (χ2v) is 12.3. The summed E-state index contributed by atoms with van der Waals surface area (Å²) in [5.74, 6) is 1.28. The molecule has 0 unspecified atom stereocenters. The Morgan fingerprint density at radius 3 is 2.54 bits per heavy atom. The van der Waals surface area contributed by atoms with Crippen LogP contribution in [0, 0.1) is 6.92 Å². The lowest BCUT2D eigenvalue weighted by molar-refractivity contribution is 0.102. The van der Waals surface area contributed by atoms with Crippen LogP contribution in [-0.2, 0) is 22.6 Å². The molecule has 0 saturated carbocycles. The number of thiophene rings is 1. The minimum absolute atomic E-state index is 0.0117. The van der Waals surface area contributed by atoms with E-state index < -0.39 is 9.84 Å². The molecule has 5 aromatic rings. The Labute approximate surface area is 230 Å². The molecule has 200 valence electrons. The molecule has 0 saturated heterocycles. The topological polar surface area (TPSA) is 122 Å². The number of carbonyl (C=O) groups is 1. The number of hydrogen-bond acceptors (Lipinski definition) is 9. The number of anilines is 5. The number of rotatable bonds is 8. The summed E-state index contributed by atoms with van der Waals surface area (Å²) < 4.78 is 24.9. The molecule has 39 heavy (non-hydrogen) atoms. The van der Waals surface area contributed by atoms with E-state index in [0.717, 1.165) is 28.0 Å². The number of sulfone groups is 1. The summed E-state index contributed by atoms with van der Waals surface area (Å²) in [6.07, 6.45) is 2.87. The lowest BCUT2D eigenvalue weighted by Crippen LogP contribution is -2.14. The first-order chi connectivity index (χ1) is 18.6. The number of para-hydroxylation sites is 1. The zero-order valence-electron chi connectivity index (χ0n) is 21.8. The van der Waals surface area contributed by atoms with Crippen LogP contribution in [-0.4, -0.2) is 47.1 Å². The summed E-state index contributed by atoms with van der Waals surface area (Å²) in [6.45, 7) is 1.91. The van der Waals surface area contributed by atoms with Gasteiger partial charge in [-0.3, -0.25) is 10.1 Å². The molecule has 0 aliphatic heterocycles. The number of imidazole rings is 1. The van der Waals surface area contributed by atoms with E-state index >= 15 is 0 Å². The van der Waals surface area contributed by atoms with Gasteiger partial charge in [0.1, 0.15) is 11.3 Å². The van der Waals surface area contributed by atoms with Crippen LogP contribution in [0.2, 0.25) is 0 Å². The summed E-state index contributed by atoms with van der Waals surface area (Å²) in [4.78, 5) is 29.1. The fourth-order valence-corrected chi connectivity index (χ4v) is 5.80. The van der Waals surface area contributed by atoms with Crippen LogP contribution < -0.4 is 15.5 Å². The molecule has 12 heteroatoms. The van der Waals surface area contributed by atoms with Crippen molar-refractivity contribution in [3.8, 4) is 0 Å². The monoisotopic (exact) mass is 561 g/mol. The standard InChI is InChI=1S/C27H27N7O3S2/c1-17-13-15-38-24(17)25(35)32-27-31-23-20(6-5-7-21(23)34(27)3)33(2)22-12-14-28-26(30-22)29-19-10-8-18(9-11-19)16-39(4,36)37/h5-15H,16H2,1-4H3,(H,28,29,30)(H,31,32,35). The molecule has 2 aromatic carbocycles. The number of aryl methyl sites for hydroxylation is 2. The molecule has 0 radical (unpaired) electrons. The Balaban J connectivity index is 1.39. The number of amides is 1. The number of hydrogen-bond donors (Lipinski definition) is 2. The second-order valence-electron chi connectivity index (χ2n) is 9.22. The van der Waals surface area contributed by atoms with Crippen LogP contribution in [0.25, 0.3) is 11.0 Å². The first-order valence-corrected chi connectivity index (χ1v) is 14.9. The molecule has 0 aliphatic rings. The number of aromatic nitrogens is 4. The summed E-state index contributed by atoms with van der Waals surface area (Å²) in [6, 6.07) is 16.7. The van der Waals surface area contributed by atoms with Crippen molar-refractivity contribution >= 4 is 67.2 Å². The Kier molecular flexibility index (Phi) is 7.06. The molecule has 2 N–H and O–H groups in total. The highest BCUT2D eigenvalue weighted by molar-refractivity contribution is 7.89. The Morgan fingerprint density at radius 1 is 1.08 bits per heavy atom. The third-order valence-corrected chi connectivity index (χ3v) is 8.04. The van der Waals surface area contributed by atoms with Gasteiger partial charge in [-0.25, -0.2) is 18.4 Å². The number of fused-ring (bicyclic) bond motifs is 1. The van der Waals surface area contributed by atoms with Crippen molar-refractivity contribution in [3.05, 3.63) is 82.2 Å². The Hall–Kier alpha value is -4.29. The zero-order valence-corrected chi connectivity index (χ0v) is 23.5. The summed E-state index contributed by atoms with van der Waals surface area (Å²) in [5, 5.41) is 8.00. The molecule has 0 spiro atoms. The molecule has 3 aromatic heterocycles. The molecular formula is C27H27N7O3S2. The number of carbonyl (C=O) groups excluding carboxylic acids is 1. The van der Waals surface area contributed by atoms with Crippen molar-refractivity contribution in [2.45, 2.75) is 12.7 Å². The van der Waals surface area contributed by atoms with E-state index in [4.69, 9.17) is 4.98 Å². The molecule has 5 rings (SSSR count). The maximum absolute atomic E-state index is 12.8. The van der Waals surface area contributed by atoms with Gasteiger partial charge in [-0.2, -0.15) is 4.98 Å². The third kappa shape index (κ3) is 5.76. The van der Waals surface area contributed by atoms with Crippen molar-refractivity contribution in [3.63, 3.8) is 0 Å². The highest BCUT2D eigenvalue weighted by atomic mass is 32.2. The smallest absolute Gasteiger partial charge is 0.268 e. The van der Waals surface area contributed by atoms with Gasteiger partial charge in [0.15, 0.2) is 9.84 Å². The van der Waals surface area contributed by atoms with Crippen molar-refractivity contribution < 1.29 is 13.2 Å². The highest BCUT2D eigenvalue weighted by Crippen LogP contribution is 2.32. The van der Waals surface area contributed by atoms with Crippen molar-refractivity contribution in [1.29, 1.82) is 0 Å². The lowest BCUT2D eigenvalue weighted by Gasteiger charge is -2.19. The first-order valence-electron chi connectivity index (χ1n) is 12.0. The van der Waals surface area contributed by atoms with Gasteiger partial charge in [-0.15, -0.1) is 11.3 Å². The molecule has 3 heterocycles. The van der Waals surface area contributed by atoms with Crippen LogP contribution >= 0.6 is 11.3 Å². The highest BCUT2D eigenvalue weighted by Gasteiger charge is 2.19. The molecule has 0 bridgehead atoms. The predicted octanol–water partition coefficient (Wildman–Crippen LogP) is 5.04. The normalized spacial score (nSPS) is 11.5. The Bertz CT molecular complexity index is 1780. The average molecular weight is 562 g/mol. The third-order valence-electron chi connectivity index (χ3n) is 6.17. The van der Waals surface area contributed by atoms with Gasteiger partial charge in [0.2, 0.25) is 11.9 Å². The summed E-state index contributed by atoms with van der Waals surface area (Å²) in [5.41, 5.74) is 4.76. The maximum Gasteiger partial charge on any atom is 0.268 e. The average Bonchev–Trinajstić information content (AvgIpc) is 3.47. The quantitative estimate of drug-likeness (QED) is 0.270. The van der Waals surface area contributed by atoms with Crippen molar-refractivity contribution in [2.75, 3.05) is 28.8 Å². The first kappa shape index (κ1) is 26.3. The van der Waals surface area contributed by atoms with Gasteiger partial charge in [0.25, 0.3) is 5.91 Å². The van der Waals surface area contributed by atoms with Crippen LogP contribution in [0.4, 0.5) is 29.1 Å². The SMILES string of the molecule is Cc1ccsc1C(=O)Nc1nc2c(N(C)c3ccnc(Nc4ccc(CS(C)(=O)=O)cc4)n3)cccc2n1C. The number of nitrogens with one attached hydrogen (secondary N) is 2. The van der Waals surface area contributed by atoms with Gasteiger partial charge in [0.05, 0.1) is 21.8 Å². The lowest BCUT2D eigenvalue weighted by atomic mass is 10.2. The van der Waals surface area contributed by atoms with Crippen LogP contribution in [0.15, 0.2) is 66.2 Å². The fraction of sp³-hybridized carbons (Fsp3) is 0.185. The molecule has 10 nitrogen and oxygen atoms in total. The maximum atomic E-state index is 12.8. The van der Waals surface area contributed by atoms with E-state index in [0.29, 0.717) is 28.2 Å². The van der Waals surface area contributed by atoms with E-state index in [1.54, 1.807) is 36.5 Å². The number of benzene rings is 2. The molecule has 0 fully saturated rings. The van der Waals surface area contributed by atoms with Crippen LogP contribution in [0.5, 0.6) is 0 Å². The number of nitrogens with zero attached hydrogens (tertiary/aromatic N) is 5. The molecule has 0 atom stereocenters. The van der Waals surface area contributed by atoms with Gasteiger partial charge in [0, 0.05) is 32.2 Å². The van der Waals surface area contributed by atoms with Crippen molar-refractivity contribution in [1.82, 2.24) is 19.5 Å². The fourth-order valence-electron chi connectivity index (χ4n) is 4.18. The molecular weight excluding hydrogens is 534 g/mol. The van der Waals surface area contributed by atoms with Crippen molar-refractivity contribution in [2.24, 2.45) is 7.05 Å². The van der Waals surface area contributed by atoms with Gasteiger partial charge in [-0.05, 0) is 59.8 Å². The summed E-state index contributed by atoms with van der Waals surface area (Å²) >= 11 is 1.40. The summed E-state index contributed by atoms with van der Waals surface area (Å²) in [7, 11) is 0.654. The van der Waals surface area contributed by atoms with Crippen LogP contribution in [0.1, 0.15) is 20.8 Å². The second kappa shape index (κ2) is 10.5. The van der Waals surface area contributed by atoms with Gasteiger partial charge < -0.3 is 14.8 Å².